The van der Waals surface area contributed by atoms with Crippen LogP contribution in [0.25, 0.3) is 0 Å². The second-order valence-electron chi connectivity index (χ2n) is 6.29. The minimum atomic E-state index is 0.552. The van der Waals surface area contributed by atoms with Gasteiger partial charge in [-0.2, -0.15) is 0 Å². The Morgan fingerprint density at radius 2 is 2.08 bits per heavy atom. The monoisotopic (exact) mass is 325 g/mol. The van der Waals surface area contributed by atoms with Crippen LogP contribution in [0.4, 0.5) is 0 Å². The van der Waals surface area contributed by atoms with Gasteiger partial charge in [-0.3, -0.25) is 9.88 Å². The van der Waals surface area contributed by atoms with Crippen LogP contribution in [0.3, 0.4) is 0 Å². The van der Waals surface area contributed by atoms with Crippen molar-refractivity contribution in [2.24, 2.45) is 0 Å². The van der Waals surface area contributed by atoms with E-state index in [1.54, 1.807) is 6.20 Å². The Hall–Kier alpha value is -1.91. The third-order valence-corrected chi connectivity index (χ3v) is 4.45. The molecule has 0 saturated heterocycles. The zero-order chi connectivity index (χ0) is 16.6. The molecular weight excluding hydrogens is 298 g/mol. The summed E-state index contributed by atoms with van der Waals surface area (Å²) in [6.45, 7) is 6.93. The van der Waals surface area contributed by atoms with Crippen LogP contribution in [0.15, 0.2) is 48.8 Å². The summed E-state index contributed by atoms with van der Waals surface area (Å²) in [6.07, 6.45) is 6.37. The van der Waals surface area contributed by atoms with Crippen LogP contribution in [0, 0.1) is 0 Å². The van der Waals surface area contributed by atoms with Crippen LogP contribution in [-0.4, -0.2) is 35.6 Å². The molecule has 4 nitrogen and oxygen atoms in total. The van der Waals surface area contributed by atoms with Crippen molar-refractivity contribution < 1.29 is 4.74 Å². The summed E-state index contributed by atoms with van der Waals surface area (Å²) in [7, 11) is 0. The van der Waals surface area contributed by atoms with E-state index >= 15 is 0 Å². The maximum absolute atomic E-state index is 5.98. The smallest absolute Gasteiger partial charge is 0.124 e. The number of benzene rings is 1. The molecule has 1 N–H and O–H groups in total. The lowest BCUT2D eigenvalue weighted by Crippen LogP contribution is -2.33. The van der Waals surface area contributed by atoms with Crippen LogP contribution < -0.4 is 10.1 Å². The summed E-state index contributed by atoms with van der Waals surface area (Å²) in [6, 6.07) is 13.1. The highest BCUT2D eigenvalue weighted by atomic mass is 16.5. The van der Waals surface area contributed by atoms with E-state index in [2.05, 4.69) is 34.3 Å². The van der Waals surface area contributed by atoms with E-state index in [1.807, 2.05) is 30.5 Å². The zero-order valence-corrected chi connectivity index (χ0v) is 14.4. The largest absolute Gasteiger partial charge is 0.489 e. The quantitative estimate of drug-likeness (QED) is 0.681. The molecule has 0 amide bonds. The molecule has 24 heavy (non-hydrogen) atoms. The normalized spacial score (nSPS) is 14.1. The van der Waals surface area contributed by atoms with Gasteiger partial charge in [0.15, 0.2) is 0 Å². The van der Waals surface area contributed by atoms with Crippen LogP contribution in [0.2, 0.25) is 0 Å². The summed E-state index contributed by atoms with van der Waals surface area (Å²) < 4.78 is 5.98. The third kappa shape index (κ3) is 5.05. The van der Waals surface area contributed by atoms with Gasteiger partial charge in [-0.1, -0.05) is 31.2 Å². The van der Waals surface area contributed by atoms with Crippen molar-refractivity contribution in [3.05, 3.63) is 59.9 Å². The second-order valence-corrected chi connectivity index (χ2v) is 6.29. The molecule has 4 heteroatoms. The summed E-state index contributed by atoms with van der Waals surface area (Å²) in [5, 5.41) is 3.55. The molecule has 0 bridgehead atoms. The van der Waals surface area contributed by atoms with Gasteiger partial charge in [-0.15, -0.1) is 0 Å². The molecule has 0 radical (unpaired) electrons. The molecule has 0 atom stereocenters. The fourth-order valence-electron chi connectivity index (χ4n) is 2.92. The van der Waals surface area contributed by atoms with Gasteiger partial charge in [0.1, 0.15) is 12.4 Å². The van der Waals surface area contributed by atoms with Crippen molar-refractivity contribution in [3.8, 4) is 5.75 Å². The molecule has 0 spiro atoms. The lowest BCUT2D eigenvalue weighted by Gasteiger charge is -2.20. The van der Waals surface area contributed by atoms with Crippen molar-refractivity contribution in [1.29, 1.82) is 0 Å². The highest BCUT2D eigenvalue weighted by Gasteiger charge is 2.26. The molecule has 0 aliphatic heterocycles. The van der Waals surface area contributed by atoms with Crippen molar-refractivity contribution in [2.75, 3.05) is 19.6 Å². The van der Waals surface area contributed by atoms with E-state index in [4.69, 9.17) is 4.74 Å². The molecule has 2 aromatic rings. The topological polar surface area (TPSA) is 37.4 Å². The van der Waals surface area contributed by atoms with Gasteiger partial charge in [0, 0.05) is 49.2 Å². The summed E-state index contributed by atoms with van der Waals surface area (Å²) in [5.74, 6) is 0.948. The van der Waals surface area contributed by atoms with Crippen molar-refractivity contribution >= 4 is 0 Å². The van der Waals surface area contributed by atoms with Gasteiger partial charge in [-0.25, -0.2) is 0 Å². The number of para-hydroxylation sites is 1. The Morgan fingerprint density at radius 1 is 1.21 bits per heavy atom. The fourth-order valence-corrected chi connectivity index (χ4v) is 2.92. The average Bonchev–Trinajstić information content (AvgIpc) is 3.47. The Kier molecular flexibility index (Phi) is 6.21. The van der Waals surface area contributed by atoms with Crippen molar-refractivity contribution in [3.63, 3.8) is 0 Å². The van der Waals surface area contributed by atoms with Crippen molar-refractivity contribution in [2.45, 2.75) is 39.0 Å². The number of hydrogen-bond acceptors (Lipinski definition) is 4. The van der Waals surface area contributed by atoms with E-state index < -0.39 is 0 Å². The number of likely N-dealkylation sites (N-methyl/N-ethyl adjacent to an activating group) is 1. The van der Waals surface area contributed by atoms with E-state index in [0.29, 0.717) is 6.61 Å². The molecule has 1 aliphatic carbocycles. The first-order valence-electron chi connectivity index (χ1n) is 8.91. The van der Waals surface area contributed by atoms with Crippen molar-refractivity contribution in [1.82, 2.24) is 15.2 Å². The number of nitrogens with zero attached hydrogens (tertiary/aromatic N) is 2. The predicted molar refractivity (Wildman–Crippen MR) is 97.0 cm³/mol. The number of nitrogens with one attached hydrogen (secondary N) is 1. The zero-order valence-electron chi connectivity index (χ0n) is 14.4. The van der Waals surface area contributed by atoms with Crippen LogP contribution in [-0.2, 0) is 13.2 Å². The Labute approximate surface area is 144 Å². The highest BCUT2D eigenvalue weighted by Crippen LogP contribution is 2.26. The minimum absolute atomic E-state index is 0.552. The summed E-state index contributed by atoms with van der Waals surface area (Å²) in [5.41, 5.74) is 2.29. The van der Waals surface area contributed by atoms with Gasteiger partial charge in [0.25, 0.3) is 0 Å². The van der Waals surface area contributed by atoms with Gasteiger partial charge >= 0.3 is 0 Å². The molecule has 0 unspecified atom stereocenters. The van der Waals surface area contributed by atoms with Crippen LogP contribution in [0.5, 0.6) is 5.75 Å². The first kappa shape index (κ1) is 16.9. The summed E-state index contributed by atoms with van der Waals surface area (Å²) >= 11 is 0. The van der Waals surface area contributed by atoms with Gasteiger partial charge in [0.05, 0.1) is 0 Å². The predicted octanol–water partition coefficient (Wildman–Crippen LogP) is 3.23. The number of pyridine rings is 1. The molecule has 1 aromatic heterocycles. The Bertz CT molecular complexity index is 613. The lowest BCUT2D eigenvalue weighted by molar-refractivity contribution is 0.275. The maximum Gasteiger partial charge on any atom is 0.124 e. The highest BCUT2D eigenvalue weighted by molar-refractivity contribution is 5.33. The fraction of sp³-hybridized carbons (Fsp3) is 0.450. The molecule has 1 fully saturated rings. The Balaban J connectivity index is 1.46. The SMILES string of the molecule is CCN(CCNCc1ccccc1OCc1cccnc1)C1CC1. The Morgan fingerprint density at radius 3 is 2.83 bits per heavy atom. The minimum Gasteiger partial charge on any atom is -0.489 e. The maximum atomic E-state index is 5.98. The van der Waals surface area contributed by atoms with E-state index in [-0.39, 0.29) is 0 Å². The van der Waals surface area contributed by atoms with Crippen LogP contribution in [0.1, 0.15) is 30.9 Å². The van der Waals surface area contributed by atoms with Gasteiger partial charge < -0.3 is 10.1 Å². The number of hydrogen-bond donors (Lipinski definition) is 1. The van der Waals surface area contributed by atoms with Gasteiger partial charge in [-0.05, 0) is 31.5 Å². The average molecular weight is 325 g/mol. The number of rotatable bonds is 10. The van der Waals surface area contributed by atoms with E-state index in [1.165, 1.54) is 18.4 Å². The number of aromatic nitrogens is 1. The first-order valence-corrected chi connectivity index (χ1v) is 8.91. The molecule has 1 aliphatic rings. The molecule has 1 saturated carbocycles. The second kappa shape index (κ2) is 8.81. The van der Waals surface area contributed by atoms with E-state index in [9.17, 15) is 0 Å². The lowest BCUT2D eigenvalue weighted by atomic mass is 10.2. The third-order valence-electron chi connectivity index (χ3n) is 4.45. The molecular formula is C20H27N3O. The van der Waals surface area contributed by atoms with E-state index in [0.717, 1.165) is 43.5 Å². The van der Waals surface area contributed by atoms with Crippen LogP contribution >= 0.6 is 0 Å². The molecule has 3 rings (SSSR count). The first-order chi connectivity index (χ1) is 11.9. The summed E-state index contributed by atoms with van der Waals surface area (Å²) in [4.78, 5) is 6.69. The molecule has 1 aromatic carbocycles. The molecule has 128 valence electrons. The van der Waals surface area contributed by atoms with Gasteiger partial charge in [0.2, 0.25) is 0 Å². The standard InChI is InChI=1S/C20H27N3O/c1-2-23(19-9-10-19)13-12-22-15-18-7-3-4-8-20(18)24-16-17-6-5-11-21-14-17/h3-8,11,14,19,22H,2,9-10,12-13,15-16H2,1H3. The molecule has 1 heterocycles. The number of ether oxygens (including phenoxy) is 1.